The van der Waals surface area contributed by atoms with Crippen LogP contribution >= 0.6 is 0 Å². The van der Waals surface area contributed by atoms with Gasteiger partial charge in [0.15, 0.2) is 6.29 Å². The van der Waals surface area contributed by atoms with Gasteiger partial charge in [-0.25, -0.2) is 0 Å². The molecule has 1 rings (SSSR count). The molecule has 1 heterocycles. The number of rotatable bonds is 7. The smallest absolute Gasteiger partial charge is 0.158 e. The normalized spacial score (nSPS) is 21.0. The van der Waals surface area contributed by atoms with Gasteiger partial charge in [-0.05, 0) is 31.7 Å². The molecule has 0 aromatic rings. The minimum atomic E-state index is -1.01. The summed E-state index contributed by atoms with van der Waals surface area (Å²) in [7, 11) is -1.01. The van der Waals surface area contributed by atoms with Crippen LogP contribution < -0.4 is 0 Å². The lowest BCUT2D eigenvalue weighted by Crippen LogP contribution is -2.22. The van der Waals surface area contributed by atoms with E-state index in [0.717, 1.165) is 19.4 Å². The third kappa shape index (κ3) is 10.7. The molecular formula is C17H30O3Si. The summed E-state index contributed by atoms with van der Waals surface area (Å²) in [5, 5.41) is 9.82. The SMILES string of the molecule is C[Si](C)(C)CC=CC[C@@H](O)CC#CCOC1CCCCO1. The minimum absolute atomic E-state index is 0.0810. The fraction of sp³-hybridized carbons (Fsp3) is 0.765. The van der Waals surface area contributed by atoms with Crippen molar-refractivity contribution < 1.29 is 14.6 Å². The molecule has 3 nitrogen and oxygen atoms in total. The molecule has 0 aliphatic carbocycles. The maximum Gasteiger partial charge on any atom is 0.158 e. The molecule has 1 saturated heterocycles. The van der Waals surface area contributed by atoms with E-state index in [4.69, 9.17) is 9.47 Å². The summed E-state index contributed by atoms with van der Waals surface area (Å²) in [6.45, 7) is 8.21. The zero-order valence-electron chi connectivity index (χ0n) is 13.7. The molecule has 0 aromatic carbocycles. The second kappa shape index (κ2) is 10.2. The van der Waals surface area contributed by atoms with Crippen LogP contribution in [0.25, 0.3) is 0 Å². The van der Waals surface area contributed by atoms with Crippen molar-refractivity contribution in [3.8, 4) is 11.8 Å². The van der Waals surface area contributed by atoms with Crippen molar-refractivity contribution >= 4 is 8.07 Å². The maximum atomic E-state index is 9.82. The molecule has 0 saturated carbocycles. The average molecular weight is 311 g/mol. The molecule has 1 aliphatic heterocycles. The van der Waals surface area contributed by atoms with Crippen LogP contribution in [0.2, 0.25) is 25.7 Å². The topological polar surface area (TPSA) is 38.7 Å². The highest BCUT2D eigenvalue weighted by atomic mass is 28.3. The maximum absolute atomic E-state index is 9.82. The predicted molar refractivity (Wildman–Crippen MR) is 89.9 cm³/mol. The van der Waals surface area contributed by atoms with Gasteiger partial charge >= 0.3 is 0 Å². The average Bonchev–Trinajstić information content (AvgIpc) is 2.43. The van der Waals surface area contributed by atoms with Crippen molar-refractivity contribution in [3.63, 3.8) is 0 Å². The van der Waals surface area contributed by atoms with Crippen LogP contribution in [0, 0.1) is 11.8 Å². The fourth-order valence-electron chi connectivity index (χ4n) is 1.99. The van der Waals surface area contributed by atoms with Gasteiger partial charge in [0.2, 0.25) is 0 Å². The summed E-state index contributed by atoms with van der Waals surface area (Å²) in [5.41, 5.74) is 0. The molecule has 0 amide bonds. The largest absolute Gasteiger partial charge is 0.392 e. The second-order valence-electron chi connectivity index (χ2n) is 6.79. The van der Waals surface area contributed by atoms with Crippen LogP contribution in [0.3, 0.4) is 0 Å². The molecule has 0 spiro atoms. The monoisotopic (exact) mass is 310 g/mol. The van der Waals surface area contributed by atoms with E-state index in [2.05, 4.69) is 43.6 Å². The molecule has 4 heteroatoms. The summed E-state index contributed by atoms with van der Waals surface area (Å²) < 4.78 is 11.0. The Labute approximate surface area is 130 Å². The first kappa shape index (κ1) is 18.4. The molecule has 0 bridgehead atoms. The van der Waals surface area contributed by atoms with Crippen LogP contribution in [-0.4, -0.2) is 38.8 Å². The summed E-state index contributed by atoms with van der Waals surface area (Å²) in [5.74, 6) is 5.92. The van der Waals surface area contributed by atoms with E-state index < -0.39 is 8.07 Å². The molecule has 1 unspecified atom stereocenters. The Morgan fingerprint density at radius 3 is 2.76 bits per heavy atom. The van der Waals surface area contributed by atoms with E-state index in [1.165, 1.54) is 12.5 Å². The second-order valence-corrected chi connectivity index (χ2v) is 12.3. The van der Waals surface area contributed by atoms with Gasteiger partial charge in [-0.2, -0.15) is 0 Å². The van der Waals surface area contributed by atoms with Gasteiger partial charge in [-0.15, -0.1) is 0 Å². The number of allylic oxidation sites excluding steroid dienone is 1. The van der Waals surface area contributed by atoms with Crippen molar-refractivity contribution in [2.75, 3.05) is 13.2 Å². The Morgan fingerprint density at radius 1 is 1.29 bits per heavy atom. The Morgan fingerprint density at radius 2 is 2.10 bits per heavy atom. The van der Waals surface area contributed by atoms with Crippen LogP contribution in [0.4, 0.5) is 0 Å². The molecule has 1 aliphatic rings. The highest BCUT2D eigenvalue weighted by Gasteiger charge is 2.12. The molecule has 21 heavy (non-hydrogen) atoms. The lowest BCUT2D eigenvalue weighted by molar-refractivity contribution is -0.154. The summed E-state index contributed by atoms with van der Waals surface area (Å²) in [6, 6.07) is 1.17. The quantitative estimate of drug-likeness (QED) is 0.444. The van der Waals surface area contributed by atoms with Crippen molar-refractivity contribution in [1.82, 2.24) is 0 Å². The van der Waals surface area contributed by atoms with Crippen LogP contribution in [0.1, 0.15) is 32.1 Å². The van der Waals surface area contributed by atoms with Crippen molar-refractivity contribution in [2.45, 2.75) is 70.2 Å². The van der Waals surface area contributed by atoms with Gasteiger partial charge < -0.3 is 14.6 Å². The summed E-state index contributed by atoms with van der Waals surface area (Å²) in [4.78, 5) is 0. The van der Waals surface area contributed by atoms with Crippen molar-refractivity contribution in [1.29, 1.82) is 0 Å². The van der Waals surface area contributed by atoms with Crippen molar-refractivity contribution in [2.24, 2.45) is 0 Å². The fourth-order valence-corrected chi connectivity index (χ4v) is 2.87. The molecular weight excluding hydrogens is 280 g/mol. The van der Waals surface area contributed by atoms with E-state index in [1.807, 2.05) is 0 Å². The van der Waals surface area contributed by atoms with Crippen LogP contribution in [0.5, 0.6) is 0 Å². The lowest BCUT2D eigenvalue weighted by atomic mass is 10.2. The van der Waals surface area contributed by atoms with E-state index >= 15 is 0 Å². The Hall–Kier alpha value is -0.603. The Bertz CT molecular complexity index is 356. The molecule has 1 fully saturated rings. The standard InChI is InChI=1S/C17H30O3Si/c1-21(2,3)15-9-6-11-16(18)10-4-7-13-19-17-12-5-8-14-20-17/h6,9,16-18H,5,8,10-15H2,1-3H3/t16-,17?/m0/s1. The summed E-state index contributed by atoms with van der Waals surface area (Å²) in [6.07, 6.45) is 8.28. The molecule has 0 radical (unpaired) electrons. The highest BCUT2D eigenvalue weighted by molar-refractivity contribution is 6.76. The molecule has 0 aromatic heterocycles. The number of hydrogen-bond donors (Lipinski definition) is 1. The minimum Gasteiger partial charge on any atom is -0.392 e. The number of ether oxygens (including phenoxy) is 2. The number of aliphatic hydroxyl groups is 1. The lowest BCUT2D eigenvalue weighted by Gasteiger charge is -2.21. The molecule has 2 atom stereocenters. The van der Waals surface area contributed by atoms with E-state index in [1.54, 1.807) is 0 Å². The first-order valence-corrected chi connectivity index (χ1v) is 11.7. The predicted octanol–water partition coefficient (Wildman–Crippen LogP) is 3.57. The third-order valence-corrected chi connectivity index (χ3v) is 4.71. The highest BCUT2D eigenvalue weighted by Crippen LogP contribution is 2.13. The number of aliphatic hydroxyl groups excluding tert-OH is 1. The van der Waals surface area contributed by atoms with E-state index in [-0.39, 0.29) is 12.4 Å². The van der Waals surface area contributed by atoms with Crippen LogP contribution in [-0.2, 0) is 9.47 Å². The zero-order valence-corrected chi connectivity index (χ0v) is 14.7. The van der Waals surface area contributed by atoms with Gasteiger partial charge in [0, 0.05) is 21.1 Å². The van der Waals surface area contributed by atoms with Gasteiger partial charge in [-0.3, -0.25) is 0 Å². The molecule has 120 valence electrons. The number of hydrogen-bond acceptors (Lipinski definition) is 3. The van der Waals surface area contributed by atoms with Crippen molar-refractivity contribution in [3.05, 3.63) is 12.2 Å². The first-order chi connectivity index (χ1) is 9.97. The van der Waals surface area contributed by atoms with Gasteiger partial charge in [0.25, 0.3) is 0 Å². The van der Waals surface area contributed by atoms with E-state index in [0.29, 0.717) is 19.4 Å². The van der Waals surface area contributed by atoms with Gasteiger partial charge in [0.05, 0.1) is 6.10 Å². The Kier molecular flexibility index (Phi) is 8.94. The van der Waals surface area contributed by atoms with Crippen LogP contribution in [0.15, 0.2) is 12.2 Å². The first-order valence-electron chi connectivity index (χ1n) is 7.99. The van der Waals surface area contributed by atoms with Gasteiger partial charge in [-0.1, -0.05) is 43.6 Å². The third-order valence-electron chi connectivity index (χ3n) is 3.25. The van der Waals surface area contributed by atoms with E-state index in [9.17, 15) is 5.11 Å². The Balaban J connectivity index is 2.07. The molecule has 1 N–H and O–H groups in total. The zero-order chi connectivity index (χ0) is 15.6. The summed E-state index contributed by atoms with van der Waals surface area (Å²) >= 11 is 0. The van der Waals surface area contributed by atoms with Gasteiger partial charge in [0.1, 0.15) is 6.61 Å².